The molecule has 3 rings (SSSR count). The first kappa shape index (κ1) is 28.9. The molecule has 0 radical (unpaired) electrons. The molecule has 2 aromatic rings. The molecule has 0 aliphatic carbocycles. The predicted molar refractivity (Wildman–Crippen MR) is 129 cm³/mol. The molecule has 0 spiro atoms. The minimum Gasteiger partial charge on any atom is -0.479 e. The van der Waals surface area contributed by atoms with E-state index in [0.717, 1.165) is 23.9 Å². The molecule has 37 heavy (non-hydrogen) atoms. The van der Waals surface area contributed by atoms with Crippen LogP contribution in [0.2, 0.25) is 0 Å². The van der Waals surface area contributed by atoms with E-state index in [9.17, 15) is 30.4 Å². The zero-order chi connectivity index (χ0) is 27.5. The van der Waals surface area contributed by atoms with Crippen LogP contribution < -0.4 is 19.9 Å². The molecular weight excluding hydrogens is 558 g/mol. The lowest BCUT2D eigenvalue weighted by Gasteiger charge is -2.37. The lowest BCUT2D eigenvalue weighted by Crippen LogP contribution is -2.63. The number of hydrogen-bond donors (Lipinski definition) is 4. The number of rotatable bonds is 10. The standard InChI is InChI=1S/C19H24F2N6O7S3/c1-10-17(27(7-6-23-10)37(22,32)33)36(30,31)26-14-8-15(34-11(2)18(28)29)25-19(24-14)35-9-12-4-3-5-13(20)16(12)21/h3-5,8,10-11,17,23H,6-7,9H2,1-2H3,(H,28,29)(H2,22,32,33)(H,24,25,26)/t10-,11+,17?/m0/s1. The Morgan fingerprint density at radius 3 is 2.70 bits per heavy atom. The van der Waals surface area contributed by atoms with Gasteiger partial charge in [-0.1, -0.05) is 23.9 Å². The van der Waals surface area contributed by atoms with Crippen molar-refractivity contribution in [3.63, 3.8) is 0 Å². The van der Waals surface area contributed by atoms with Crippen LogP contribution in [0.15, 0.2) is 29.4 Å². The van der Waals surface area contributed by atoms with Crippen LogP contribution in [0.25, 0.3) is 0 Å². The highest BCUT2D eigenvalue weighted by Gasteiger charge is 2.43. The average Bonchev–Trinajstić information content (AvgIpc) is 2.78. The number of halogens is 2. The van der Waals surface area contributed by atoms with Gasteiger partial charge in [-0.25, -0.2) is 32.1 Å². The second-order valence-electron chi connectivity index (χ2n) is 7.91. The normalized spacial score (nSPS) is 19.8. The number of ether oxygens (including phenoxy) is 1. The van der Waals surface area contributed by atoms with Crippen molar-refractivity contribution >= 4 is 43.8 Å². The number of nitrogens with zero attached hydrogens (tertiary/aromatic N) is 3. The van der Waals surface area contributed by atoms with E-state index in [2.05, 4.69) is 20.0 Å². The van der Waals surface area contributed by atoms with E-state index >= 15 is 0 Å². The molecule has 13 nitrogen and oxygen atoms in total. The number of benzene rings is 1. The fourth-order valence-electron chi connectivity index (χ4n) is 3.40. The third kappa shape index (κ3) is 7.23. The molecule has 5 N–H and O–H groups in total. The highest BCUT2D eigenvalue weighted by atomic mass is 32.2. The van der Waals surface area contributed by atoms with Crippen molar-refractivity contribution < 1.29 is 40.3 Å². The number of anilines is 1. The number of sulfonamides is 1. The maximum absolute atomic E-state index is 14.0. The zero-order valence-corrected chi connectivity index (χ0v) is 21.9. The summed E-state index contributed by atoms with van der Waals surface area (Å²) in [4.78, 5) is 19.3. The van der Waals surface area contributed by atoms with Crippen molar-refractivity contribution in [1.82, 2.24) is 19.6 Å². The van der Waals surface area contributed by atoms with E-state index in [1.54, 1.807) is 0 Å². The smallest absolute Gasteiger partial charge is 0.344 e. The lowest BCUT2D eigenvalue weighted by atomic mass is 10.2. The summed E-state index contributed by atoms with van der Waals surface area (Å²) in [5.41, 5.74) is -0.0214. The molecule has 1 aliphatic rings. The highest BCUT2D eigenvalue weighted by Crippen LogP contribution is 2.28. The van der Waals surface area contributed by atoms with Crippen LogP contribution in [-0.2, 0) is 30.8 Å². The Morgan fingerprint density at radius 2 is 2.05 bits per heavy atom. The van der Waals surface area contributed by atoms with Gasteiger partial charge in [0.1, 0.15) is 5.82 Å². The maximum Gasteiger partial charge on any atom is 0.344 e. The number of aliphatic carboxylic acids is 1. The summed E-state index contributed by atoms with van der Waals surface area (Å²) in [6, 6.07) is 3.73. The Bertz CT molecular complexity index is 1380. The van der Waals surface area contributed by atoms with Crippen LogP contribution in [0.1, 0.15) is 19.4 Å². The SMILES string of the molecule is C[C@@H]1NCCN(S(N)(=O)=O)C1S(=O)(=O)Nc1cc(O[C@H](C)C(=O)O)nc(SCc2cccc(F)c2F)n1. The fourth-order valence-corrected chi connectivity index (χ4v) is 7.30. The topological polar surface area (TPSA) is 194 Å². The van der Waals surface area contributed by atoms with Crippen LogP contribution in [0.4, 0.5) is 14.6 Å². The van der Waals surface area contributed by atoms with Gasteiger partial charge in [0.15, 0.2) is 28.3 Å². The average molecular weight is 583 g/mol. The van der Waals surface area contributed by atoms with Crippen LogP contribution in [0.3, 0.4) is 0 Å². The quantitative estimate of drug-likeness (QED) is 0.225. The van der Waals surface area contributed by atoms with Crippen LogP contribution in [-0.4, -0.2) is 72.8 Å². The van der Waals surface area contributed by atoms with Crippen LogP contribution >= 0.6 is 11.8 Å². The Morgan fingerprint density at radius 1 is 1.35 bits per heavy atom. The van der Waals surface area contributed by atoms with E-state index in [0.29, 0.717) is 4.31 Å². The first-order valence-electron chi connectivity index (χ1n) is 10.6. The molecule has 0 saturated carbocycles. The van der Waals surface area contributed by atoms with Crippen molar-refractivity contribution in [3.05, 3.63) is 41.5 Å². The van der Waals surface area contributed by atoms with Gasteiger partial charge in [0, 0.05) is 36.5 Å². The molecule has 2 heterocycles. The molecule has 204 valence electrons. The number of carbonyl (C=O) groups is 1. The van der Waals surface area contributed by atoms with Gasteiger partial charge in [0.2, 0.25) is 5.88 Å². The number of nitrogens with two attached hydrogens (primary N) is 1. The van der Waals surface area contributed by atoms with E-state index in [1.807, 2.05) is 0 Å². The Labute approximate surface area is 216 Å². The summed E-state index contributed by atoms with van der Waals surface area (Å²) in [5.74, 6) is -4.34. The van der Waals surface area contributed by atoms with Gasteiger partial charge in [-0.15, -0.1) is 0 Å². The van der Waals surface area contributed by atoms with Gasteiger partial charge in [0.25, 0.3) is 20.2 Å². The molecule has 1 aliphatic heterocycles. The molecular formula is C19H24F2N6O7S3. The van der Waals surface area contributed by atoms with Crippen molar-refractivity contribution in [1.29, 1.82) is 0 Å². The first-order valence-corrected chi connectivity index (χ1v) is 14.6. The maximum atomic E-state index is 14.0. The molecule has 1 aromatic carbocycles. The summed E-state index contributed by atoms with van der Waals surface area (Å²) in [5, 5.41) is 15.4. The van der Waals surface area contributed by atoms with Crippen molar-refractivity contribution in [2.45, 2.75) is 42.3 Å². The van der Waals surface area contributed by atoms with Gasteiger partial charge in [-0.2, -0.15) is 17.7 Å². The van der Waals surface area contributed by atoms with Crippen LogP contribution in [0, 0.1) is 11.6 Å². The second kappa shape index (κ2) is 11.4. The summed E-state index contributed by atoms with van der Waals surface area (Å²) in [6.07, 6.45) is -1.38. The highest BCUT2D eigenvalue weighted by molar-refractivity contribution is 7.98. The van der Waals surface area contributed by atoms with Crippen molar-refractivity contribution in [3.8, 4) is 5.88 Å². The van der Waals surface area contributed by atoms with Gasteiger partial charge in [-0.3, -0.25) is 4.72 Å². The van der Waals surface area contributed by atoms with Gasteiger partial charge in [-0.05, 0) is 19.9 Å². The number of carboxylic acids is 1. The monoisotopic (exact) mass is 582 g/mol. The second-order valence-corrected chi connectivity index (χ2v) is 12.1. The largest absolute Gasteiger partial charge is 0.479 e. The molecule has 1 aromatic heterocycles. The summed E-state index contributed by atoms with van der Waals surface area (Å²) in [6.45, 7) is 2.63. The Kier molecular flexibility index (Phi) is 8.91. The molecule has 1 fully saturated rings. The fraction of sp³-hybridized carbons (Fsp3) is 0.421. The molecule has 18 heteroatoms. The molecule has 1 saturated heterocycles. The molecule has 1 unspecified atom stereocenters. The Balaban J connectivity index is 1.95. The van der Waals surface area contributed by atoms with Crippen molar-refractivity contribution in [2.24, 2.45) is 5.14 Å². The number of aromatic nitrogens is 2. The van der Waals surface area contributed by atoms with Crippen LogP contribution in [0.5, 0.6) is 5.88 Å². The minimum absolute atomic E-state index is 0.0214. The van der Waals surface area contributed by atoms with Gasteiger partial charge < -0.3 is 15.2 Å². The van der Waals surface area contributed by atoms with E-state index < -0.39 is 55.4 Å². The number of nitrogens with one attached hydrogen (secondary N) is 2. The lowest BCUT2D eigenvalue weighted by molar-refractivity contribution is -0.144. The molecule has 0 amide bonds. The van der Waals surface area contributed by atoms with E-state index in [-0.39, 0.29) is 41.3 Å². The number of hydrogen-bond acceptors (Lipinski definition) is 10. The minimum atomic E-state index is -4.50. The summed E-state index contributed by atoms with van der Waals surface area (Å²) < 4.78 is 86.1. The first-order chi connectivity index (χ1) is 17.2. The van der Waals surface area contributed by atoms with E-state index in [1.165, 1.54) is 26.0 Å². The molecule has 0 bridgehead atoms. The summed E-state index contributed by atoms with van der Waals surface area (Å²) >= 11 is 0.797. The van der Waals surface area contributed by atoms with E-state index in [4.69, 9.17) is 15.0 Å². The molecule has 3 atom stereocenters. The van der Waals surface area contributed by atoms with Crippen molar-refractivity contribution in [2.75, 3.05) is 17.8 Å². The number of carboxylic acid groups (broad SMARTS) is 1. The third-order valence-electron chi connectivity index (χ3n) is 5.12. The number of piperazine rings is 1. The summed E-state index contributed by atoms with van der Waals surface area (Å²) in [7, 11) is -8.89. The predicted octanol–water partition coefficient (Wildman–Crippen LogP) is 0.464. The zero-order valence-electron chi connectivity index (χ0n) is 19.5. The van der Waals surface area contributed by atoms with Gasteiger partial charge >= 0.3 is 5.97 Å². The van der Waals surface area contributed by atoms with Gasteiger partial charge in [0.05, 0.1) is 0 Å². The number of thioether (sulfide) groups is 1. The third-order valence-corrected chi connectivity index (χ3v) is 9.00. The Hall–Kier alpha value is -2.64.